The van der Waals surface area contributed by atoms with Gasteiger partial charge in [-0.15, -0.1) is 0 Å². The molecular formula is C7H16BrNO3S. The largest absolute Gasteiger partial charge is 0.396 e. The molecular weight excluding hydrogens is 258 g/mol. The van der Waals surface area contributed by atoms with E-state index in [9.17, 15) is 8.42 Å². The molecule has 6 heteroatoms. The fourth-order valence-corrected chi connectivity index (χ4v) is 2.97. The third kappa shape index (κ3) is 4.39. The average molecular weight is 274 g/mol. The molecule has 13 heavy (non-hydrogen) atoms. The number of halogens is 1. The second-order valence-electron chi connectivity index (χ2n) is 3.00. The summed E-state index contributed by atoms with van der Waals surface area (Å²) >= 11 is 2.94. The van der Waals surface area contributed by atoms with Crippen LogP contribution in [0, 0.1) is 0 Å². The van der Waals surface area contributed by atoms with Crippen LogP contribution in [0.5, 0.6) is 0 Å². The van der Waals surface area contributed by atoms with Crippen LogP contribution in [0.25, 0.3) is 0 Å². The molecule has 0 amide bonds. The number of hydrogen-bond donors (Lipinski definition) is 1. The smallest absolute Gasteiger partial charge is 0.224 e. The first-order valence-corrected chi connectivity index (χ1v) is 6.85. The van der Waals surface area contributed by atoms with Crippen molar-refractivity contribution in [1.82, 2.24) is 4.31 Å². The summed E-state index contributed by atoms with van der Waals surface area (Å²) in [5.41, 5.74) is 0. The van der Waals surface area contributed by atoms with Crippen LogP contribution in [-0.2, 0) is 10.0 Å². The van der Waals surface area contributed by atoms with Gasteiger partial charge in [0, 0.05) is 19.2 Å². The molecule has 0 rings (SSSR count). The molecule has 0 aliphatic carbocycles. The van der Waals surface area contributed by atoms with Gasteiger partial charge in [0.2, 0.25) is 10.0 Å². The highest BCUT2D eigenvalue weighted by Gasteiger charge is 2.22. The van der Waals surface area contributed by atoms with Crippen LogP contribution in [0.4, 0.5) is 0 Å². The lowest BCUT2D eigenvalue weighted by Crippen LogP contribution is -2.38. The highest BCUT2D eigenvalue weighted by molar-refractivity contribution is 9.10. The summed E-state index contributed by atoms with van der Waals surface area (Å²) < 4.78 is 24.2. The number of hydrogen-bond acceptors (Lipinski definition) is 3. The molecule has 0 saturated carbocycles. The Hall–Kier alpha value is 0.350. The molecule has 0 aromatic carbocycles. The minimum atomic E-state index is -3.19. The van der Waals surface area contributed by atoms with Crippen LogP contribution in [-0.4, -0.2) is 41.7 Å². The second-order valence-corrected chi connectivity index (χ2v) is 6.23. The number of nitrogens with zero attached hydrogens (tertiary/aromatic N) is 1. The number of aliphatic hydroxyl groups is 1. The van der Waals surface area contributed by atoms with E-state index < -0.39 is 10.0 Å². The molecule has 0 aromatic rings. The van der Waals surface area contributed by atoms with Crippen LogP contribution >= 0.6 is 15.9 Å². The number of aliphatic hydroxyl groups excluding tert-OH is 1. The summed E-state index contributed by atoms with van der Waals surface area (Å²) in [6, 6.07) is -0.0610. The van der Waals surface area contributed by atoms with E-state index in [1.54, 1.807) is 0 Å². The van der Waals surface area contributed by atoms with Gasteiger partial charge in [-0.05, 0) is 20.3 Å². The van der Waals surface area contributed by atoms with E-state index in [0.717, 1.165) is 0 Å². The van der Waals surface area contributed by atoms with Crippen molar-refractivity contribution >= 4 is 26.0 Å². The lowest BCUT2D eigenvalue weighted by atomic mass is 10.3. The summed E-state index contributed by atoms with van der Waals surface area (Å²) in [5.74, 6) is 0. The van der Waals surface area contributed by atoms with Crippen molar-refractivity contribution in [2.45, 2.75) is 26.3 Å². The molecule has 0 spiro atoms. The Morgan fingerprint density at radius 1 is 1.46 bits per heavy atom. The molecule has 1 N–H and O–H groups in total. The van der Waals surface area contributed by atoms with Gasteiger partial charge in [-0.2, -0.15) is 4.31 Å². The van der Waals surface area contributed by atoms with E-state index in [1.165, 1.54) is 4.31 Å². The zero-order valence-electron chi connectivity index (χ0n) is 7.90. The molecule has 4 nitrogen and oxygen atoms in total. The van der Waals surface area contributed by atoms with Crippen molar-refractivity contribution in [1.29, 1.82) is 0 Å². The minimum Gasteiger partial charge on any atom is -0.396 e. The molecule has 0 radical (unpaired) electrons. The van der Waals surface area contributed by atoms with E-state index >= 15 is 0 Å². The molecule has 0 bridgehead atoms. The highest BCUT2D eigenvalue weighted by Crippen LogP contribution is 2.10. The van der Waals surface area contributed by atoms with E-state index in [-0.39, 0.29) is 17.3 Å². The first kappa shape index (κ1) is 13.4. The Morgan fingerprint density at radius 2 is 2.00 bits per heavy atom. The number of rotatable bonds is 6. The molecule has 0 saturated heterocycles. The maximum Gasteiger partial charge on any atom is 0.224 e. The Morgan fingerprint density at radius 3 is 2.31 bits per heavy atom. The van der Waals surface area contributed by atoms with Crippen molar-refractivity contribution in [3.63, 3.8) is 0 Å². The van der Waals surface area contributed by atoms with Gasteiger partial charge in [0.1, 0.15) is 4.66 Å². The predicted molar refractivity (Wildman–Crippen MR) is 56.3 cm³/mol. The van der Waals surface area contributed by atoms with Gasteiger partial charge in [0.05, 0.1) is 0 Å². The lowest BCUT2D eigenvalue weighted by Gasteiger charge is -2.24. The van der Waals surface area contributed by atoms with Crippen LogP contribution < -0.4 is 0 Å². The number of sulfonamides is 1. The molecule has 0 aliphatic rings. The Balaban J connectivity index is 4.43. The lowest BCUT2D eigenvalue weighted by molar-refractivity contribution is 0.259. The quantitative estimate of drug-likeness (QED) is 0.727. The van der Waals surface area contributed by atoms with Gasteiger partial charge in [-0.1, -0.05) is 15.9 Å². The zero-order valence-corrected chi connectivity index (χ0v) is 10.3. The van der Waals surface area contributed by atoms with Crippen LogP contribution in [0.2, 0.25) is 0 Å². The monoisotopic (exact) mass is 273 g/mol. The molecule has 0 aromatic heterocycles. The van der Waals surface area contributed by atoms with Crippen molar-refractivity contribution in [3.8, 4) is 0 Å². The highest BCUT2D eigenvalue weighted by atomic mass is 79.9. The van der Waals surface area contributed by atoms with Gasteiger partial charge in [-0.3, -0.25) is 0 Å². The van der Waals surface area contributed by atoms with Crippen molar-refractivity contribution in [3.05, 3.63) is 0 Å². The molecule has 0 unspecified atom stereocenters. The van der Waals surface area contributed by atoms with Gasteiger partial charge in [-0.25, -0.2) is 8.42 Å². The fourth-order valence-electron chi connectivity index (χ4n) is 1.01. The molecule has 0 atom stereocenters. The third-order valence-electron chi connectivity index (χ3n) is 1.61. The van der Waals surface area contributed by atoms with E-state index in [0.29, 0.717) is 13.0 Å². The summed E-state index contributed by atoms with van der Waals surface area (Å²) in [7, 11) is -3.19. The average Bonchev–Trinajstić information content (AvgIpc) is 2.04. The molecule has 0 aliphatic heterocycles. The Bertz CT molecular complexity index is 228. The normalized spacial score (nSPS) is 12.8. The summed E-state index contributed by atoms with van der Waals surface area (Å²) in [4.78, 5) is 0. The maximum absolute atomic E-state index is 11.4. The zero-order chi connectivity index (χ0) is 10.5. The van der Waals surface area contributed by atoms with E-state index in [4.69, 9.17) is 5.11 Å². The molecule has 0 heterocycles. The van der Waals surface area contributed by atoms with Crippen LogP contribution in [0.15, 0.2) is 0 Å². The standard InChI is InChI=1S/C7H16BrNO3S/c1-7(2)9(4-3-5-10)13(11,12)6-8/h7,10H,3-6H2,1-2H3. The van der Waals surface area contributed by atoms with Crippen molar-refractivity contribution < 1.29 is 13.5 Å². The summed E-state index contributed by atoms with van der Waals surface area (Å²) in [6.45, 7) is 4.03. The topological polar surface area (TPSA) is 57.6 Å². The second kappa shape index (κ2) is 5.95. The number of alkyl halides is 1. The Kier molecular flexibility index (Phi) is 6.11. The minimum absolute atomic E-state index is 0.0149. The van der Waals surface area contributed by atoms with Crippen molar-refractivity contribution in [2.75, 3.05) is 17.8 Å². The maximum atomic E-state index is 11.4. The SMILES string of the molecule is CC(C)N(CCCO)S(=O)(=O)CBr. The van der Waals surface area contributed by atoms with E-state index in [2.05, 4.69) is 15.9 Å². The van der Waals surface area contributed by atoms with E-state index in [1.807, 2.05) is 13.8 Å². The van der Waals surface area contributed by atoms with Gasteiger partial charge >= 0.3 is 0 Å². The summed E-state index contributed by atoms with van der Waals surface area (Å²) in [5, 5.41) is 8.60. The van der Waals surface area contributed by atoms with Gasteiger partial charge in [0.25, 0.3) is 0 Å². The Labute approximate surface area is 88.1 Å². The van der Waals surface area contributed by atoms with Crippen LogP contribution in [0.3, 0.4) is 0 Å². The van der Waals surface area contributed by atoms with Gasteiger partial charge in [0.15, 0.2) is 0 Å². The first-order valence-electron chi connectivity index (χ1n) is 4.12. The third-order valence-corrected chi connectivity index (χ3v) is 4.94. The van der Waals surface area contributed by atoms with Gasteiger partial charge < -0.3 is 5.11 Å². The molecule has 0 fully saturated rings. The fraction of sp³-hybridized carbons (Fsp3) is 1.00. The summed E-state index contributed by atoms with van der Waals surface area (Å²) in [6.07, 6.45) is 0.477. The molecule has 80 valence electrons. The van der Waals surface area contributed by atoms with Crippen molar-refractivity contribution in [2.24, 2.45) is 0 Å². The predicted octanol–water partition coefficient (Wildman–Crippen LogP) is 0.761. The first-order chi connectivity index (χ1) is 5.95. The van der Waals surface area contributed by atoms with Crippen LogP contribution in [0.1, 0.15) is 20.3 Å².